The molecule has 1 saturated heterocycles. The molecule has 1 heterocycles. The van der Waals surface area contributed by atoms with Gasteiger partial charge in [0.1, 0.15) is 0 Å². The number of urea groups is 1. The van der Waals surface area contributed by atoms with Gasteiger partial charge in [-0.3, -0.25) is 9.69 Å². The van der Waals surface area contributed by atoms with Crippen LogP contribution in [0.15, 0.2) is 24.3 Å². The summed E-state index contributed by atoms with van der Waals surface area (Å²) in [5, 5.41) is 2.79. The van der Waals surface area contributed by atoms with Crippen LogP contribution in [0.5, 0.6) is 0 Å². The van der Waals surface area contributed by atoms with Crippen molar-refractivity contribution in [3.05, 3.63) is 29.8 Å². The van der Waals surface area contributed by atoms with Gasteiger partial charge in [-0.2, -0.15) is 0 Å². The van der Waals surface area contributed by atoms with E-state index in [0.29, 0.717) is 18.7 Å². The van der Waals surface area contributed by atoms with Crippen molar-refractivity contribution in [1.29, 1.82) is 0 Å². The third-order valence-corrected chi connectivity index (χ3v) is 6.41. The van der Waals surface area contributed by atoms with Crippen molar-refractivity contribution in [2.24, 2.45) is 5.41 Å². The molecule has 0 bridgehead atoms. The first-order valence-corrected chi connectivity index (χ1v) is 9.43. The number of hydrogen-bond acceptors (Lipinski definition) is 3. The van der Waals surface area contributed by atoms with Crippen molar-refractivity contribution >= 4 is 17.6 Å². The molecule has 1 aromatic carbocycles. The van der Waals surface area contributed by atoms with Gasteiger partial charge in [0.25, 0.3) is 5.91 Å². The molecule has 1 aliphatic carbocycles. The molecule has 2 fully saturated rings. The van der Waals surface area contributed by atoms with Crippen molar-refractivity contribution in [2.75, 3.05) is 32.1 Å². The van der Waals surface area contributed by atoms with Gasteiger partial charge in [0.2, 0.25) is 0 Å². The zero-order valence-corrected chi connectivity index (χ0v) is 16.1. The van der Waals surface area contributed by atoms with E-state index < -0.39 is 0 Å². The third kappa shape index (κ3) is 2.86. The van der Waals surface area contributed by atoms with E-state index >= 15 is 0 Å². The van der Waals surface area contributed by atoms with Gasteiger partial charge in [0, 0.05) is 50.0 Å². The number of ether oxygens (including phenoxy) is 1. The molecular formula is C20H29N3O3. The highest BCUT2D eigenvalue weighted by molar-refractivity contribution is 5.97. The maximum absolute atomic E-state index is 13.0. The van der Waals surface area contributed by atoms with Gasteiger partial charge in [0.05, 0.1) is 6.10 Å². The lowest BCUT2D eigenvalue weighted by Gasteiger charge is -2.57. The molecule has 3 amide bonds. The highest BCUT2D eigenvalue weighted by Gasteiger charge is 2.55. The molecule has 3 rings (SSSR count). The van der Waals surface area contributed by atoms with Crippen molar-refractivity contribution in [2.45, 2.75) is 45.3 Å². The fourth-order valence-corrected chi connectivity index (χ4v) is 4.62. The molecule has 6 nitrogen and oxygen atoms in total. The first-order valence-electron chi connectivity index (χ1n) is 9.43. The Kier molecular flexibility index (Phi) is 5.23. The van der Waals surface area contributed by atoms with Crippen LogP contribution in [0.2, 0.25) is 0 Å². The molecule has 2 unspecified atom stereocenters. The number of nitrogens with one attached hydrogen (secondary N) is 1. The smallest absolute Gasteiger partial charge is 0.321 e. The number of amides is 3. The molecule has 1 N–H and O–H groups in total. The molecule has 0 aromatic heterocycles. The van der Waals surface area contributed by atoms with E-state index in [2.05, 4.69) is 19.2 Å². The zero-order chi connectivity index (χ0) is 18.9. The molecule has 0 radical (unpaired) electrons. The van der Waals surface area contributed by atoms with E-state index in [1.165, 1.54) is 0 Å². The van der Waals surface area contributed by atoms with Crippen LogP contribution in [0.3, 0.4) is 0 Å². The van der Waals surface area contributed by atoms with E-state index in [0.717, 1.165) is 24.9 Å². The lowest BCUT2D eigenvalue weighted by atomic mass is 9.58. The zero-order valence-electron chi connectivity index (χ0n) is 16.1. The summed E-state index contributed by atoms with van der Waals surface area (Å²) < 4.78 is 5.65. The largest absolute Gasteiger partial charge is 0.381 e. The Morgan fingerprint density at radius 1 is 1.31 bits per heavy atom. The van der Waals surface area contributed by atoms with Gasteiger partial charge in [0.15, 0.2) is 0 Å². The predicted molar refractivity (Wildman–Crippen MR) is 101 cm³/mol. The highest BCUT2D eigenvalue weighted by Crippen LogP contribution is 2.51. The number of anilines is 1. The monoisotopic (exact) mass is 359 g/mol. The Hall–Kier alpha value is -2.08. The summed E-state index contributed by atoms with van der Waals surface area (Å²) in [6.45, 7) is 5.66. The summed E-state index contributed by atoms with van der Waals surface area (Å²) >= 11 is 0. The van der Waals surface area contributed by atoms with Crippen LogP contribution >= 0.6 is 0 Å². The number of hydrogen-bond donors (Lipinski definition) is 1. The predicted octanol–water partition coefficient (Wildman–Crippen LogP) is 2.88. The van der Waals surface area contributed by atoms with E-state index in [-0.39, 0.29) is 29.5 Å². The van der Waals surface area contributed by atoms with E-state index in [4.69, 9.17) is 4.74 Å². The SMILES string of the molecule is CCC1(CC)C(OC)CC1N(C)C(=O)c1ccc(N2CCNC2=O)cc1. The quantitative estimate of drug-likeness (QED) is 0.849. The lowest BCUT2D eigenvalue weighted by Crippen LogP contribution is -2.64. The number of carbonyl (C=O) groups excluding carboxylic acids is 2. The third-order valence-electron chi connectivity index (χ3n) is 6.41. The van der Waals surface area contributed by atoms with Gasteiger partial charge in [-0.05, 0) is 43.5 Å². The van der Waals surface area contributed by atoms with Crippen LogP contribution in [0.4, 0.5) is 10.5 Å². The first-order chi connectivity index (χ1) is 12.5. The summed E-state index contributed by atoms with van der Waals surface area (Å²) in [7, 11) is 3.65. The Bertz CT molecular complexity index is 669. The molecule has 1 aliphatic heterocycles. The Morgan fingerprint density at radius 2 is 1.96 bits per heavy atom. The molecule has 1 aromatic rings. The lowest BCUT2D eigenvalue weighted by molar-refractivity contribution is -0.147. The molecule has 2 atom stereocenters. The second-order valence-electron chi connectivity index (χ2n) is 7.26. The second kappa shape index (κ2) is 7.27. The summed E-state index contributed by atoms with van der Waals surface area (Å²) in [6, 6.07) is 7.42. The van der Waals surface area contributed by atoms with Crippen molar-refractivity contribution in [3.8, 4) is 0 Å². The normalized spacial score (nSPS) is 24.2. The van der Waals surface area contributed by atoms with Gasteiger partial charge < -0.3 is 15.0 Å². The summed E-state index contributed by atoms with van der Waals surface area (Å²) in [5.74, 6) is 0.0215. The van der Waals surface area contributed by atoms with Crippen molar-refractivity contribution in [3.63, 3.8) is 0 Å². The number of nitrogens with zero attached hydrogens (tertiary/aromatic N) is 2. The molecule has 6 heteroatoms. The molecule has 2 aliphatic rings. The summed E-state index contributed by atoms with van der Waals surface area (Å²) in [5.41, 5.74) is 1.50. The molecule has 0 spiro atoms. The molecule has 26 heavy (non-hydrogen) atoms. The van der Waals surface area contributed by atoms with Gasteiger partial charge in [-0.25, -0.2) is 4.79 Å². The molecular weight excluding hydrogens is 330 g/mol. The maximum Gasteiger partial charge on any atom is 0.321 e. The fraction of sp³-hybridized carbons (Fsp3) is 0.600. The van der Waals surface area contributed by atoms with Crippen LogP contribution in [-0.2, 0) is 4.74 Å². The number of benzene rings is 1. The molecule has 142 valence electrons. The average molecular weight is 359 g/mol. The Balaban J connectivity index is 1.73. The Labute approximate surface area is 155 Å². The van der Waals surface area contributed by atoms with Crippen molar-refractivity contribution < 1.29 is 14.3 Å². The maximum atomic E-state index is 13.0. The van der Waals surface area contributed by atoms with Crippen LogP contribution in [0, 0.1) is 5.41 Å². The number of methoxy groups -OCH3 is 1. The van der Waals surface area contributed by atoms with Gasteiger partial charge in [-0.1, -0.05) is 13.8 Å². The summed E-state index contributed by atoms with van der Waals surface area (Å²) in [4.78, 5) is 28.3. The number of carbonyl (C=O) groups is 2. The Morgan fingerprint density at radius 3 is 2.46 bits per heavy atom. The van der Waals surface area contributed by atoms with Crippen LogP contribution in [0.25, 0.3) is 0 Å². The number of rotatable bonds is 6. The van der Waals surface area contributed by atoms with Crippen LogP contribution < -0.4 is 10.2 Å². The van der Waals surface area contributed by atoms with Gasteiger partial charge in [-0.15, -0.1) is 0 Å². The minimum atomic E-state index is -0.0862. The van der Waals surface area contributed by atoms with Gasteiger partial charge >= 0.3 is 6.03 Å². The van der Waals surface area contributed by atoms with E-state index in [1.807, 2.05) is 36.2 Å². The van der Waals surface area contributed by atoms with Crippen LogP contribution in [-0.4, -0.2) is 56.2 Å². The minimum absolute atomic E-state index is 0.0215. The van der Waals surface area contributed by atoms with Crippen molar-refractivity contribution in [1.82, 2.24) is 10.2 Å². The van der Waals surface area contributed by atoms with E-state index in [9.17, 15) is 9.59 Å². The van der Waals surface area contributed by atoms with E-state index in [1.54, 1.807) is 12.0 Å². The fourth-order valence-electron chi connectivity index (χ4n) is 4.62. The minimum Gasteiger partial charge on any atom is -0.381 e. The second-order valence-corrected chi connectivity index (χ2v) is 7.26. The summed E-state index contributed by atoms with van der Waals surface area (Å²) in [6.07, 6.45) is 3.08. The standard InChI is InChI=1S/C20H29N3O3/c1-5-20(6-2)16(13-17(20)26-4)22(3)18(24)14-7-9-15(10-8-14)23-12-11-21-19(23)25/h7-10,16-17H,5-6,11-13H2,1-4H3,(H,21,25). The van der Waals surface area contributed by atoms with Crippen LogP contribution in [0.1, 0.15) is 43.5 Å². The average Bonchev–Trinajstić information content (AvgIpc) is 3.08. The first kappa shape index (κ1) is 18.7. The molecule has 1 saturated carbocycles. The highest BCUT2D eigenvalue weighted by atomic mass is 16.5. The topological polar surface area (TPSA) is 61.9 Å².